The number of carbonyl (C=O) groups is 1. The third-order valence-corrected chi connectivity index (χ3v) is 3.67. The molecule has 0 bridgehead atoms. The van der Waals surface area contributed by atoms with Gasteiger partial charge in [0.1, 0.15) is 10.6 Å². The first-order valence-corrected chi connectivity index (χ1v) is 7.33. The lowest BCUT2D eigenvalue weighted by Crippen LogP contribution is -2.12. The molecule has 7 heteroatoms. The van der Waals surface area contributed by atoms with E-state index in [9.17, 15) is 17.8 Å². The van der Waals surface area contributed by atoms with Crippen LogP contribution in [0.3, 0.4) is 0 Å². The Bertz CT molecular complexity index is 752. The third-order valence-electron chi connectivity index (χ3n) is 2.74. The highest BCUT2D eigenvalue weighted by Crippen LogP contribution is 2.29. The van der Waals surface area contributed by atoms with Gasteiger partial charge in [-0.15, -0.1) is 0 Å². The zero-order chi connectivity index (χ0) is 15.5. The molecule has 0 heterocycles. The first-order chi connectivity index (χ1) is 9.95. The molecule has 0 saturated heterocycles. The van der Waals surface area contributed by atoms with Crippen molar-refractivity contribution in [3.05, 3.63) is 59.7 Å². The number of hydrogen-bond donors (Lipinski definition) is 2. The number of carbonyl (C=O) groups excluding carboxylic acids is 1. The predicted octanol–water partition coefficient (Wildman–Crippen LogP) is 1.49. The molecule has 0 saturated carbocycles. The van der Waals surface area contributed by atoms with E-state index < -0.39 is 27.6 Å². The van der Waals surface area contributed by atoms with Gasteiger partial charge in [0.15, 0.2) is 12.6 Å². The molecule has 2 aromatic rings. The minimum Gasteiger partial charge on any atom is -0.466 e. The van der Waals surface area contributed by atoms with Gasteiger partial charge >= 0.3 is 0 Å². The Kier molecular flexibility index (Phi) is 4.37. The SMILES string of the molecule is O=C(c1ccccc1)c1cccc(OCO)c1S(=O)(=O)O. The van der Waals surface area contributed by atoms with Crippen LogP contribution in [0.15, 0.2) is 53.4 Å². The van der Waals surface area contributed by atoms with Crippen molar-refractivity contribution in [3.63, 3.8) is 0 Å². The molecule has 0 aliphatic carbocycles. The monoisotopic (exact) mass is 308 g/mol. The van der Waals surface area contributed by atoms with Gasteiger partial charge in [-0.05, 0) is 12.1 Å². The van der Waals surface area contributed by atoms with Gasteiger partial charge in [0.2, 0.25) is 0 Å². The maximum absolute atomic E-state index is 12.4. The maximum atomic E-state index is 12.4. The van der Waals surface area contributed by atoms with E-state index in [2.05, 4.69) is 0 Å². The van der Waals surface area contributed by atoms with E-state index in [1.54, 1.807) is 18.2 Å². The van der Waals surface area contributed by atoms with Gasteiger partial charge in [0.05, 0.1) is 0 Å². The van der Waals surface area contributed by atoms with Crippen molar-refractivity contribution >= 4 is 15.9 Å². The number of ketones is 1. The van der Waals surface area contributed by atoms with E-state index in [4.69, 9.17) is 9.84 Å². The largest absolute Gasteiger partial charge is 0.466 e. The van der Waals surface area contributed by atoms with E-state index in [0.717, 1.165) is 0 Å². The Hall–Kier alpha value is -2.22. The Balaban J connectivity index is 2.64. The molecule has 0 aromatic heterocycles. The van der Waals surface area contributed by atoms with Crippen LogP contribution in [0.25, 0.3) is 0 Å². The van der Waals surface area contributed by atoms with Gasteiger partial charge < -0.3 is 9.84 Å². The molecule has 2 aromatic carbocycles. The molecule has 21 heavy (non-hydrogen) atoms. The molecule has 0 unspecified atom stereocenters. The Labute approximate surface area is 121 Å². The maximum Gasteiger partial charge on any atom is 0.298 e. The lowest BCUT2D eigenvalue weighted by Gasteiger charge is -2.11. The van der Waals surface area contributed by atoms with Crippen LogP contribution in [0, 0.1) is 0 Å². The van der Waals surface area contributed by atoms with Crippen molar-refractivity contribution in [3.8, 4) is 5.75 Å². The summed E-state index contributed by atoms with van der Waals surface area (Å²) in [5.74, 6) is -0.867. The average Bonchev–Trinajstić information content (AvgIpc) is 2.46. The summed E-state index contributed by atoms with van der Waals surface area (Å²) in [5, 5.41) is 8.77. The second-order valence-corrected chi connectivity index (χ2v) is 5.43. The highest BCUT2D eigenvalue weighted by Gasteiger charge is 2.26. The second-order valence-electron chi connectivity index (χ2n) is 4.08. The van der Waals surface area contributed by atoms with Crippen molar-refractivity contribution in [2.45, 2.75) is 4.90 Å². The molecule has 0 aliphatic rings. The average molecular weight is 308 g/mol. The van der Waals surface area contributed by atoms with Gasteiger partial charge in [-0.3, -0.25) is 9.35 Å². The van der Waals surface area contributed by atoms with Gasteiger partial charge in [-0.25, -0.2) is 0 Å². The standard InChI is InChI=1S/C14H12O6S/c15-9-20-12-8-4-7-11(14(12)21(17,18)19)13(16)10-5-2-1-3-6-10/h1-8,15H,9H2,(H,17,18,19). The predicted molar refractivity (Wildman–Crippen MR) is 73.8 cm³/mol. The summed E-state index contributed by atoms with van der Waals surface area (Å²) in [7, 11) is -4.70. The molecule has 110 valence electrons. The Morgan fingerprint density at radius 2 is 1.71 bits per heavy atom. The van der Waals surface area contributed by atoms with Gasteiger partial charge in [0, 0.05) is 11.1 Å². The zero-order valence-electron chi connectivity index (χ0n) is 10.8. The van der Waals surface area contributed by atoms with Crippen LogP contribution in [0.5, 0.6) is 5.75 Å². The fourth-order valence-electron chi connectivity index (χ4n) is 1.89. The fraction of sp³-hybridized carbons (Fsp3) is 0.0714. The molecule has 0 atom stereocenters. The third kappa shape index (κ3) is 3.27. The minimum absolute atomic E-state index is 0.227. The Morgan fingerprint density at radius 3 is 2.29 bits per heavy atom. The first kappa shape index (κ1) is 15.2. The van der Waals surface area contributed by atoms with E-state index in [1.165, 1.54) is 30.3 Å². The van der Waals surface area contributed by atoms with Crippen molar-refractivity contribution < 1.29 is 27.6 Å². The van der Waals surface area contributed by atoms with Crippen LogP contribution in [0.4, 0.5) is 0 Å². The van der Waals surface area contributed by atoms with Crippen LogP contribution >= 0.6 is 0 Å². The second kappa shape index (κ2) is 6.04. The summed E-state index contributed by atoms with van der Waals surface area (Å²) < 4.78 is 37.1. The quantitative estimate of drug-likeness (QED) is 0.493. The summed E-state index contributed by atoms with van der Waals surface area (Å²) in [4.78, 5) is 11.7. The van der Waals surface area contributed by atoms with Crippen LogP contribution < -0.4 is 4.74 Å². The number of hydrogen-bond acceptors (Lipinski definition) is 5. The number of aliphatic hydroxyl groups is 1. The summed E-state index contributed by atoms with van der Waals surface area (Å²) >= 11 is 0. The van der Waals surface area contributed by atoms with E-state index >= 15 is 0 Å². The van der Waals surface area contributed by atoms with Crippen molar-refractivity contribution in [2.75, 3.05) is 6.79 Å². The van der Waals surface area contributed by atoms with Crippen LogP contribution in [-0.2, 0) is 10.1 Å². The molecule has 6 nitrogen and oxygen atoms in total. The minimum atomic E-state index is -4.70. The molecule has 0 radical (unpaired) electrons. The van der Waals surface area contributed by atoms with Crippen LogP contribution in [0.1, 0.15) is 15.9 Å². The summed E-state index contributed by atoms with van der Waals surface area (Å²) in [6, 6.07) is 11.9. The number of rotatable bonds is 5. The number of benzene rings is 2. The van der Waals surface area contributed by atoms with E-state index in [0.29, 0.717) is 0 Å². The summed E-state index contributed by atoms with van der Waals surface area (Å²) in [6.45, 7) is -0.786. The molecular weight excluding hydrogens is 296 g/mol. The molecule has 2 rings (SSSR count). The van der Waals surface area contributed by atoms with Crippen molar-refractivity contribution in [2.24, 2.45) is 0 Å². The van der Waals surface area contributed by atoms with Crippen LogP contribution in [-0.4, -0.2) is 30.7 Å². The zero-order valence-corrected chi connectivity index (χ0v) is 11.6. The fourth-order valence-corrected chi connectivity index (χ4v) is 2.71. The Morgan fingerprint density at radius 1 is 1.05 bits per heavy atom. The summed E-state index contributed by atoms with van der Waals surface area (Å²) in [6.07, 6.45) is 0. The van der Waals surface area contributed by atoms with E-state index in [1.807, 2.05) is 0 Å². The molecule has 0 amide bonds. The summed E-state index contributed by atoms with van der Waals surface area (Å²) in [5.41, 5.74) is 0.0400. The lowest BCUT2D eigenvalue weighted by molar-refractivity contribution is 0.0940. The van der Waals surface area contributed by atoms with Crippen molar-refractivity contribution in [1.82, 2.24) is 0 Å². The molecule has 0 spiro atoms. The highest BCUT2D eigenvalue weighted by atomic mass is 32.2. The number of aliphatic hydroxyl groups excluding tert-OH is 1. The molecular formula is C14H12O6S. The van der Waals surface area contributed by atoms with Gasteiger partial charge in [0.25, 0.3) is 10.1 Å². The van der Waals surface area contributed by atoms with E-state index in [-0.39, 0.29) is 16.9 Å². The highest BCUT2D eigenvalue weighted by molar-refractivity contribution is 7.86. The normalized spacial score (nSPS) is 11.1. The topological polar surface area (TPSA) is 101 Å². The number of ether oxygens (including phenoxy) is 1. The van der Waals surface area contributed by atoms with Crippen LogP contribution in [0.2, 0.25) is 0 Å². The molecule has 2 N–H and O–H groups in total. The van der Waals surface area contributed by atoms with Gasteiger partial charge in [-0.2, -0.15) is 8.42 Å². The lowest BCUT2D eigenvalue weighted by atomic mass is 10.0. The first-order valence-electron chi connectivity index (χ1n) is 5.89. The van der Waals surface area contributed by atoms with Gasteiger partial charge in [-0.1, -0.05) is 36.4 Å². The molecule has 0 fully saturated rings. The van der Waals surface area contributed by atoms with Crippen molar-refractivity contribution in [1.29, 1.82) is 0 Å². The molecule has 0 aliphatic heterocycles. The smallest absolute Gasteiger partial charge is 0.298 e.